The van der Waals surface area contributed by atoms with Crippen LogP contribution in [0.3, 0.4) is 0 Å². The zero-order valence-electron chi connectivity index (χ0n) is 18.6. The fourth-order valence-corrected chi connectivity index (χ4v) is 4.35. The molecule has 0 radical (unpaired) electrons. The van der Waals surface area contributed by atoms with E-state index in [1.54, 1.807) is 0 Å². The van der Waals surface area contributed by atoms with E-state index in [2.05, 4.69) is 20.6 Å². The highest BCUT2D eigenvalue weighted by molar-refractivity contribution is 8.14. The number of carbonyl (C=O) groups excluding carboxylic acids is 3. The van der Waals surface area contributed by atoms with Crippen molar-refractivity contribution in [1.82, 2.24) is 10.2 Å². The van der Waals surface area contributed by atoms with Crippen molar-refractivity contribution in [3.8, 4) is 0 Å². The monoisotopic (exact) mass is 481 g/mol. The highest BCUT2D eigenvalue weighted by Gasteiger charge is 2.42. The van der Waals surface area contributed by atoms with Gasteiger partial charge >= 0.3 is 0 Å². The molecule has 0 aromatic heterocycles. The van der Waals surface area contributed by atoms with Gasteiger partial charge in [-0.05, 0) is 42.8 Å². The van der Waals surface area contributed by atoms with Crippen LogP contribution in [-0.2, 0) is 14.4 Å². The lowest BCUT2D eigenvalue weighted by molar-refractivity contribution is -0.128. The molecule has 1 unspecified atom stereocenters. The lowest BCUT2D eigenvalue weighted by Gasteiger charge is -2.25. The van der Waals surface area contributed by atoms with Gasteiger partial charge in [0.1, 0.15) is 17.7 Å². The second kappa shape index (κ2) is 10.6. The maximum Gasteiger partial charge on any atom is 0.259 e. The maximum atomic E-state index is 13.2. The molecular formula is C24H24FN5O3S. The van der Waals surface area contributed by atoms with Crippen molar-refractivity contribution in [2.24, 2.45) is 9.98 Å². The molecule has 1 atom stereocenters. The van der Waals surface area contributed by atoms with Gasteiger partial charge in [0, 0.05) is 17.8 Å². The first kappa shape index (κ1) is 23.6. The quantitative estimate of drug-likeness (QED) is 0.564. The van der Waals surface area contributed by atoms with Gasteiger partial charge in [-0.15, -0.1) is 0 Å². The largest absolute Gasteiger partial charge is 0.356 e. The summed E-state index contributed by atoms with van der Waals surface area (Å²) in [6.45, 7) is 2.59. The predicted molar refractivity (Wildman–Crippen MR) is 131 cm³/mol. The van der Waals surface area contributed by atoms with Crippen LogP contribution in [0, 0.1) is 5.82 Å². The number of benzene rings is 2. The van der Waals surface area contributed by atoms with Gasteiger partial charge in [0.2, 0.25) is 11.8 Å². The fraction of sp³-hybridized carbons (Fsp3) is 0.292. The number of para-hydroxylation sites is 1. The maximum absolute atomic E-state index is 13.2. The molecule has 0 bridgehead atoms. The number of hydrogen-bond donors (Lipinski definition) is 2. The Kier molecular flexibility index (Phi) is 7.36. The highest BCUT2D eigenvalue weighted by atomic mass is 32.2. The summed E-state index contributed by atoms with van der Waals surface area (Å²) in [5, 5.41) is 5.83. The van der Waals surface area contributed by atoms with Gasteiger partial charge in [-0.3, -0.25) is 19.4 Å². The zero-order chi connectivity index (χ0) is 24.1. The summed E-state index contributed by atoms with van der Waals surface area (Å²) in [5.41, 5.74) is 1.81. The lowest BCUT2D eigenvalue weighted by atomic mass is 10.1. The molecule has 2 heterocycles. The third-order valence-corrected chi connectivity index (χ3v) is 6.18. The molecule has 4 rings (SSSR count). The second-order valence-corrected chi connectivity index (χ2v) is 8.75. The van der Waals surface area contributed by atoms with Crippen LogP contribution in [-0.4, -0.2) is 52.0 Å². The van der Waals surface area contributed by atoms with Gasteiger partial charge in [-0.1, -0.05) is 37.2 Å². The molecule has 2 aromatic carbocycles. The summed E-state index contributed by atoms with van der Waals surface area (Å²) in [4.78, 5) is 48.4. The van der Waals surface area contributed by atoms with Gasteiger partial charge in [0.05, 0.1) is 17.9 Å². The van der Waals surface area contributed by atoms with Crippen molar-refractivity contribution in [3.05, 3.63) is 59.9 Å². The Balaban J connectivity index is 1.48. The van der Waals surface area contributed by atoms with E-state index in [1.165, 1.54) is 29.2 Å². The van der Waals surface area contributed by atoms with E-state index in [0.717, 1.165) is 24.6 Å². The van der Waals surface area contributed by atoms with Crippen LogP contribution < -0.4 is 10.6 Å². The molecule has 2 aromatic rings. The van der Waals surface area contributed by atoms with Crippen molar-refractivity contribution in [2.45, 2.75) is 32.2 Å². The molecule has 2 N–H and O–H groups in total. The summed E-state index contributed by atoms with van der Waals surface area (Å²) in [5.74, 6) is -0.874. The van der Waals surface area contributed by atoms with E-state index in [-0.39, 0.29) is 29.9 Å². The van der Waals surface area contributed by atoms with Gasteiger partial charge in [0.15, 0.2) is 5.17 Å². The molecule has 0 saturated carbocycles. The number of carbonyl (C=O) groups is 3. The molecule has 8 nitrogen and oxygen atoms in total. The average Bonchev–Trinajstić information content (AvgIpc) is 3.15. The number of halogens is 1. The summed E-state index contributed by atoms with van der Waals surface area (Å²) >= 11 is 1.10. The number of nitrogens with zero attached hydrogens (tertiary/aromatic N) is 3. The lowest BCUT2D eigenvalue weighted by Crippen LogP contribution is -2.42. The van der Waals surface area contributed by atoms with E-state index in [0.29, 0.717) is 34.5 Å². The molecule has 0 saturated heterocycles. The Morgan fingerprint density at radius 1 is 1.12 bits per heavy atom. The predicted octanol–water partition coefficient (Wildman–Crippen LogP) is 3.46. The van der Waals surface area contributed by atoms with Gasteiger partial charge in [0.25, 0.3) is 5.91 Å². The van der Waals surface area contributed by atoms with Gasteiger partial charge in [-0.2, -0.15) is 0 Å². The van der Waals surface area contributed by atoms with Crippen LogP contribution in [0.4, 0.5) is 15.8 Å². The minimum Gasteiger partial charge on any atom is -0.356 e. The number of fused-ring (bicyclic) bond motifs is 3. The smallest absolute Gasteiger partial charge is 0.259 e. The normalized spacial score (nSPS) is 16.4. The zero-order valence-corrected chi connectivity index (χ0v) is 19.4. The number of unbranched alkanes of at least 4 members (excludes halogenated alkanes) is 1. The molecule has 10 heteroatoms. The second-order valence-electron chi connectivity index (χ2n) is 7.81. The van der Waals surface area contributed by atoms with E-state index >= 15 is 0 Å². The number of aliphatic imine (C=N–C) groups is 2. The van der Waals surface area contributed by atoms with Gasteiger partial charge < -0.3 is 10.6 Å². The Bertz CT molecular complexity index is 1170. The molecular weight excluding hydrogens is 457 g/mol. The van der Waals surface area contributed by atoms with Crippen molar-refractivity contribution in [1.29, 1.82) is 0 Å². The topological polar surface area (TPSA) is 103 Å². The van der Waals surface area contributed by atoms with Gasteiger partial charge in [-0.25, -0.2) is 14.3 Å². The Labute approximate surface area is 200 Å². The van der Waals surface area contributed by atoms with Crippen molar-refractivity contribution in [3.63, 3.8) is 0 Å². The van der Waals surface area contributed by atoms with Crippen LogP contribution in [0.2, 0.25) is 0 Å². The number of thioether (sulfide) groups is 1. The average molecular weight is 482 g/mol. The highest BCUT2D eigenvalue weighted by Crippen LogP contribution is 2.34. The number of rotatable bonds is 8. The molecule has 3 amide bonds. The summed E-state index contributed by atoms with van der Waals surface area (Å²) in [6, 6.07) is 11.9. The SMILES string of the molecule is CCCCNC(=O)CC1N=C2c3ccccc3N=C(SCC(=O)Nc3ccc(F)cc3)N2C1=O. The first-order chi connectivity index (χ1) is 16.5. The Morgan fingerprint density at radius 3 is 2.65 bits per heavy atom. The summed E-state index contributed by atoms with van der Waals surface area (Å²) in [7, 11) is 0. The molecule has 2 aliphatic rings. The van der Waals surface area contributed by atoms with Crippen molar-refractivity contribution < 1.29 is 18.8 Å². The number of hydrogen-bond acceptors (Lipinski definition) is 6. The minimum atomic E-state index is -0.846. The van der Waals surface area contributed by atoms with Crippen LogP contribution in [0.15, 0.2) is 58.5 Å². The van der Waals surface area contributed by atoms with E-state index in [1.807, 2.05) is 31.2 Å². The van der Waals surface area contributed by atoms with Crippen LogP contribution in [0.1, 0.15) is 31.7 Å². The molecule has 0 fully saturated rings. The van der Waals surface area contributed by atoms with E-state index in [9.17, 15) is 18.8 Å². The first-order valence-electron chi connectivity index (χ1n) is 11.0. The molecule has 0 spiro atoms. The third kappa shape index (κ3) is 5.33. The number of nitrogens with one attached hydrogen (secondary N) is 2. The standard InChI is InChI=1S/C24H24FN5O3S/c1-2-3-12-26-20(31)13-19-23(33)30-22(28-19)17-6-4-5-7-18(17)29-24(30)34-14-21(32)27-16-10-8-15(25)9-11-16/h4-11,19H,2-3,12-14H2,1H3,(H,26,31)(H,27,32). The summed E-state index contributed by atoms with van der Waals surface area (Å²) < 4.78 is 13.1. The van der Waals surface area contributed by atoms with Crippen LogP contribution in [0.5, 0.6) is 0 Å². The molecule has 34 heavy (non-hydrogen) atoms. The van der Waals surface area contributed by atoms with Crippen LogP contribution in [0.25, 0.3) is 0 Å². The Morgan fingerprint density at radius 2 is 1.88 bits per heavy atom. The van der Waals surface area contributed by atoms with E-state index in [4.69, 9.17) is 0 Å². The van der Waals surface area contributed by atoms with E-state index < -0.39 is 11.9 Å². The van der Waals surface area contributed by atoms with Crippen LogP contribution >= 0.6 is 11.8 Å². The minimum absolute atomic E-state index is 0.0163. The number of amides is 3. The number of amidine groups is 2. The van der Waals surface area contributed by atoms with Crippen molar-refractivity contribution >= 4 is 51.9 Å². The third-order valence-electron chi connectivity index (χ3n) is 5.24. The fourth-order valence-electron chi connectivity index (χ4n) is 3.54. The Hall–Kier alpha value is -3.53. The number of anilines is 1. The molecule has 176 valence electrons. The van der Waals surface area contributed by atoms with Crippen molar-refractivity contribution in [2.75, 3.05) is 17.6 Å². The molecule has 2 aliphatic heterocycles. The summed E-state index contributed by atoms with van der Waals surface area (Å²) in [6.07, 6.45) is 1.78. The molecule has 0 aliphatic carbocycles. The first-order valence-corrected chi connectivity index (χ1v) is 12.0.